The molecule has 1 aromatic heterocycles. The van der Waals surface area contributed by atoms with Crippen molar-refractivity contribution < 1.29 is 19.1 Å². The molecule has 1 amide bonds. The number of pyridine rings is 1. The molecule has 1 aliphatic heterocycles. The summed E-state index contributed by atoms with van der Waals surface area (Å²) in [7, 11) is 1.39. The molecule has 0 N–H and O–H groups in total. The number of hydrogen-bond acceptors (Lipinski definition) is 6. The van der Waals surface area contributed by atoms with Gasteiger partial charge < -0.3 is 19.3 Å². The van der Waals surface area contributed by atoms with Crippen molar-refractivity contribution in [3.63, 3.8) is 0 Å². The van der Waals surface area contributed by atoms with Gasteiger partial charge in [-0.15, -0.1) is 0 Å². The van der Waals surface area contributed by atoms with Crippen LogP contribution in [0.5, 0.6) is 0 Å². The Labute approximate surface area is 148 Å². The van der Waals surface area contributed by atoms with Crippen LogP contribution in [-0.4, -0.2) is 60.8 Å². The van der Waals surface area contributed by atoms with Crippen LogP contribution >= 0.6 is 0 Å². The van der Waals surface area contributed by atoms with E-state index >= 15 is 0 Å². The van der Waals surface area contributed by atoms with Gasteiger partial charge in [-0.1, -0.05) is 0 Å². The van der Waals surface area contributed by atoms with E-state index in [9.17, 15) is 9.59 Å². The summed E-state index contributed by atoms with van der Waals surface area (Å²) in [6, 6.07) is 3.90. The first kappa shape index (κ1) is 19.0. The van der Waals surface area contributed by atoms with Gasteiger partial charge in [-0.2, -0.15) is 0 Å². The summed E-state index contributed by atoms with van der Waals surface area (Å²) >= 11 is 0. The molecule has 0 aliphatic carbocycles. The first-order valence-electron chi connectivity index (χ1n) is 8.53. The van der Waals surface area contributed by atoms with E-state index in [4.69, 9.17) is 4.74 Å². The summed E-state index contributed by atoms with van der Waals surface area (Å²) in [5.41, 5.74) is 0.564. The molecular formula is C18H27N3O4. The lowest BCUT2D eigenvalue weighted by Crippen LogP contribution is -2.50. The third-order valence-corrected chi connectivity index (χ3v) is 3.91. The highest BCUT2D eigenvalue weighted by molar-refractivity contribution is 5.69. The number of esters is 1. The fourth-order valence-corrected chi connectivity index (χ4v) is 2.58. The van der Waals surface area contributed by atoms with E-state index in [1.807, 2.05) is 32.9 Å². The van der Waals surface area contributed by atoms with E-state index in [1.54, 1.807) is 11.1 Å². The third-order valence-electron chi connectivity index (χ3n) is 3.91. The predicted octanol–water partition coefficient (Wildman–Crippen LogP) is 2.24. The summed E-state index contributed by atoms with van der Waals surface area (Å²) in [6.45, 7) is 8.20. The second-order valence-corrected chi connectivity index (χ2v) is 7.05. The number of hydrogen-bond donors (Lipinski definition) is 0. The molecule has 25 heavy (non-hydrogen) atoms. The number of anilines is 1. The number of carbonyl (C=O) groups excluding carboxylic acids is 2. The van der Waals surface area contributed by atoms with Crippen LogP contribution in [0.25, 0.3) is 0 Å². The summed E-state index contributed by atoms with van der Waals surface area (Å²) < 4.78 is 10.1. The lowest BCUT2D eigenvalue weighted by atomic mass is 10.1. The fourth-order valence-electron chi connectivity index (χ4n) is 2.58. The molecule has 1 saturated heterocycles. The molecule has 2 heterocycles. The van der Waals surface area contributed by atoms with E-state index in [1.165, 1.54) is 7.11 Å². The molecule has 7 heteroatoms. The summed E-state index contributed by atoms with van der Waals surface area (Å²) in [6.07, 6.45) is 2.46. The standard InChI is InChI=1S/C18H27N3O4/c1-18(2,3)25-17(23)21-11-9-20(10-12-21)15-13-14(7-8-19-15)5-6-16(22)24-4/h7-8,13H,5-6,9-12H2,1-4H3. The van der Waals surface area contributed by atoms with Gasteiger partial charge in [0.2, 0.25) is 0 Å². The molecule has 138 valence electrons. The Bertz CT molecular complexity index is 605. The number of aromatic nitrogens is 1. The Hall–Kier alpha value is -2.31. The number of methoxy groups -OCH3 is 1. The lowest BCUT2D eigenvalue weighted by molar-refractivity contribution is -0.140. The zero-order valence-electron chi connectivity index (χ0n) is 15.4. The van der Waals surface area contributed by atoms with Gasteiger partial charge in [0.15, 0.2) is 0 Å². The van der Waals surface area contributed by atoms with Crippen LogP contribution in [-0.2, 0) is 20.7 Å². The zero-order valence-corrected chi connectivity index (χ0v) is 15.4. The normalized spacial score (nSPS) is 15.0. The van der Waals surface area contributed by atoms with Crippen molar-refractivity contribution >= 4 is 17.9 Å². The first-order valence-corrected chi connectivity index (χ1v) is 8.53. The summed E-state index contributed by atoms with van der Waals surface area (Å²) in [5, 5.41) is 0. The topological polar surface area (TPSA) is 72.0 Å². The number of ether oxygens (including phenoxy) is 2. The van der Waals surface area contributed by atoms with Crippen LogP contribution in [0.1, 0.15) is 32.8 Å². The van der Waals surface area contributed by atoms with Crippen molar-refractivity contribution in [2.75, 3.05) is 38.2 Å². The minimum atomic E-state index is -0.482. The highest BCUT2D eigenvalue weighted by Gasteiger charge is 2.26. The summed E-state index contributed by atoms with van der Waals surface area (Å²) in [4.78, 5) is 31.7. The molecule has 7 nitrogen and oxygen atoms in total. The second kappa shape index (κ2) is 8.18. The monoisotopic (exact) mass is 349 g/mol. The van der Waals surface area contributed by atoms with Crippen LogP contribution in [0.4, 0.5) is 10.6 Å². The largest absolute Gasteiger partial charge is 0.469 e. The van der Waals surface area contributed by atoms with Crippen molar-refractivity contribution in [2.45, 2.75) is 39.2 Å². The molecule has 0 atom stereocenters. The van der Waals surface area contributed by atoms with Gasteiger partial charge >= 0.3 is 12.1 Å². The van der Waals surface area contributed by atoms with E-state index in [2.05, 4.69) is 14.6 Å². The minimum absolute atomic E-state index is 0.218. The smallest absolute Gasteiger partial charge is 0.410 e. The predicted molar refractivity (Wildman–Crippen MR) is 94.6 cm³/mol. The van der Waals surface area contributed by atoms with Gasteiger partial charge in [0.05, 0.1) is 7.11 Å². The lowest BCUT2D eigenvalue weighted by Gasteiger charge is -2.36. The Morgan fingerprint density at radius 1 is 1.20 bits per heavy atom. The maximum Gasteiger partial charge on any atom is 0.410 e. The number of piperazine rings is 1. The molecule has 0 aromatic carbocycles. The second-order valence-electron chi connectivity index (χ2n) is 7.05. The highest BCUT2D eigenvalue weighted by atomic mass is 16.6. The van der Waals surface area contributed by atoms with Crippen LogP contribution in [0.2, 0.25) is 0 Å². The SMILES string of the molecule is COC(=O)CCc1ccnc(N2CCN(C(=O)OC(C)(C)C)CC2)c1. The van der Waals surface area contributed by atoms with Crippen LogP contribution in [0, 0.1) is 0 Å². The Balaban J connectivity index is 1.90. The van der Waals surface area contributed by atoms with Gasteiger partial charge in [0.1, 0.15) is 11.4 Å². The molecule has 2 rings (SSSR count). The average molecular weight is 349 g/mol. The molecule has 1 aromatic rings. The van der Waals surface area contributed by atoms with Gasteiger partial charge in [-0.25, -0.2) is 9.78 Å². The van der Waals surface area contributed by atoms with Gasteiger partial charge in [-0.05, 0) is 44.9 Å². The molecule has 0 unspecified atom stereocenters. The van der Waals surface area contributed by atoms with Crippen molar-refractivity contribution in [1.29, 1.82) is 0 Å². The van der Waals surface area contributed by atoms with Gasteiger partial charge in [0.25, 0.3) is 0 Å². The average Bonchev–Trinajstić information content (AvgIpc) is 2.58. The third kappa shape index (κ3) is 5.92. The molecule has 0 radical (unpaired) electrons. The number of rotatable bonds is 4. The van der Waals surface area contributed by atoms with Crippen molar-refractivity contribution in [2.24, 2.45) is 0 Å². The maximum atomic E-state index is 12.1. The number of aryl methyl sites for hydroxylation is 1. The van der Waals surface area contributed by atoms with Crippen molar-refractivity contribution in [3.05, 3.63) is 23.9 Å². The Morgan fingerprint density at radius 3 is 2.48 bits per heavy atom. The van der Waals surface area contributed by atoms with Crippen LogP contribution in [0.15, 0.2) is 18.3 Å². The number of amides is 1. The summed E-state index contributed by atoms with van der Waals surface area (Å²) in [5.74, 6) is 0.649. The fraction of sp³-hybridized carbons (Fsp3) is 0.611. The maximum absolute atomic E-state index is 12.1. The highest BCUT2D eigenvalue weighted by Crippen LogP contribution is 2.18. The molecule has 0 bridgehead atoms. The van der Waals surface area contributed by atoms with E-state index < -0.39 is 5.60 Å². The van der Waals surface area contributed by atoms with Gasteiger partial charge in [0, 0.05) is 38.8 Å². The van der Waals surface area contributed by atoms with Gasteiger partial charge in [-0.3, -0.25) is 4.79 Å². The first-order chi connectivity index (χ1) is 11.8. The van der Waals surface area contributed by atoms with E-state index in [-0.39, 0.29) is 12.1 Å². The zero-order chi connectivity index (χ0) is 18.4. The Kier molecular flexibility index (Phi) is 6.22. The van der Waals surface area contributed by atoms with Crippen LogP contribution in [0.3, 0.4) is 0 Å². The minimum Gasteiger partial charge on any atom is -0.469 e. The number of nitrogens with zero attached hydrogens (tertiary/aromatic N) is 3. The number of carbonyl (C=O) groups is 2. The molecule has 0 saturated carbocycles. The molecular weight excluding hydrogens is 322 g/mol. The van der Waals surface area contributed by atoms with Crippen LogP contribution < -0.4 is 4.90 Å². The van der Waals surface area contributed by atoms with Crippen molar-refractivity contribution in [1.82, 2.24) is 9.88 Å². The molecule has 1 aliphatic rings. The molecule has 0 spiro atoms. The van der Waals surface area contributed by atoms with E-state index in [0.29, 0.717) is 39.0 Å². The quantitative estimate of drug-likeness (QED) is 0.777. The molecule has 1 fully saturated rings. The van der Waals surface area contributed by atoms with E-state index in [0.717, 1.165) is 11.4 Å². The van der Waals surface area contributed by atoms with Crippen molar-refractivity contribution in [3.8, 4) is 0 Å². The Morgan fingerprint density at radius 2 is 1.88 bits per heavy atom.